The molecule has 194 valence electrons. The lowest BCUT2D eigenvalue weighted by molar-refractivity contribution is 0.0526. The second kappa shape index (κ2) is 10.9. The first kappa shape index (κ1) is 25.3. The summed E-state index contributed by atoms with van der Waals surface area (Å²) in [5.41, 5.74) is 1.39. The van der Waals surface area contributed by atoms with Gasteiger partial charge >= 0.3 is 5.97 Å². The van der Waals surface area contributed by atoms with E-state index in [1.807, 2.05) is 36.4 Å². The molecular formula is C29H27F2N5O2. The van der Waals surface area contributed by atoms with E-state index < -0.39 is 17.6 Å². The Morgan fingerprint density at radius 3 is 2.63 bits per heavy atom. The third-order valence-electron chi connectivity index (χ3n) is 6.66. The van der Waals surface area contributed by atoms with Crippen LogP contribution in [0.3, 0.4) is 0 Å². The lowest BCUT2D eigenvalue weighted by Crippen LogP contribution is -2.53. The van der Waals surface area contributed by atoms with E-state index in [2.05, 4.69) is 31.6 Å². The molecule has 1 saturated heterocycles. The summed E-state index contributed by atoms with van der Waals surface area (Å²) in [6.45, 7) is 8.06. The molecule has 0 aliphatic carbocycles. The molecule has 2 aromatic heterocycles. The zero-order chi connectivity index (χ0) is 26.6. The van der Waals surface area contributed by atoms with E-state index >= 15 is 0 Å². The van der Waals surface area contributed by atoms with E-state index in [1.54, 1.807) is 13.0 Å². The fourth-order valence-corrected chi connectivity index (χ4v) is 4.72. The number of nitrogens with zero attached hydrogens (tertiary/aromatic N) is 5. The number of rotatable bonds is 7. The summed E-state index contributed by atoms with van der Waals surface area (Å²) in [5.74, 6) is -0.128. The highest BCUT2D eigenvalue weighted by Gasteiger charge is 2.29. The monoisotopic (exact) mass is 515 g/mol. The van der Waals surface area contributed by atoms with Crippen molar-refractivity contribution in [3.05, 3.63) is 102 Å². The van der Waals surface area contributed by atoms with E-state index in [9.17, 15) is 13.6 Å². The molecule has 0 radical (unpaired) electrons. The van der Waals surface area contributed by atoms with Crippen molar-refractivity contribution in [3.63, 3.8) is 0 Å². The van der Waals surface area contributed by atoms with Crippen LogP contribution in [-0.2, 0) is 11.2 Å². The fraction of sp³-hybridized carbons (Fsp3) is 0.241. The van der Waals surface area contributed by atoms with Gasteiger partial charge in [0.05, 0.1) is 23.9 Å². The van der Waals surface area contributed by atoms with Gasteiger partial charge in [-0.25, -0.2) is 18.6 Å². The Labute approximate surface area is 219 Å². The number of hydrogen-bond donors (Lipinski definition) is 0. The molecule has 2 aromatic carbocycles. The van der Waals surface area contributed by atoms with Gasteiger partial charge in [0.15, 0.2) is 5.82 Å². The van der Waals surface area contributed by atoms with Crippen LogP contribution in [0.5, 0.6) is 0 Å². The van der Waals surface area contributed by atoms with Crippen LogP contribution in [0.25, 0.3) is 10.8 Å². The van der Waals surface area contributed by atoms with Gasteiger partial charge in [0.1, 0.15) is 17.5 Å². The molecule has 9 heteroatoms. The number of benzene rings is 2. The van der Waals surface area contributed by atoms with E-state index in [-0.39, 0.29) is 12.5 Å². The Morgan fingerprint density at radius 2 is 1.92 bits per heavy atom. The minimum atomic E-state index is -0.614. The number of piperazine rings is 1. The lowest BCUT2D eigenvalue weighted by atomic mass is 10.0. The number of halogens is 2. The summed E-state index contributed by atoms with van der Waals surface area (Å²) in [6.07, 6.45) is 3.60. The molecule has 1 atom stereocenters. The van der Waals surface area contributed by atoms with Gasteiger partial charge in [-0.1, -0.05) is 36.4 Å². The first-order valence-corrected chi connectivity index (χ1v) is 12.4. The standard InChI is InChI=1S/C29H27F2N5O2/c1-3-22-18-35(27-12-10-20(17-32-27)29(37)38-4-2)13-14-36(22)28-24-8-6-5-7-23(24)26(33-34-28)15-19-9-11-21(30)16-25(19)31/h3,5-12,16-17,22H,1,4,13-15,18H2,2H3/t22-/m0/s1. The quantitative estimate of drug-likeness (QED) is 0.255. The van der Waals surface area contributed by atoms with Crippen LogP contribution in [0, 0.1) is 11.6 Å². The minimum absolute atomic E-state index is 0.0756. The van der Waals surface area contributed by atoms with E-state index in [0.29, 0.717) is 43.1 Å². The molecule has 4 aromatic rings. The van der Waals surface area contributed by atoms with Crippen molar-refractivity contribution < 1.29 is 18.3 Å². The Kier molecular flexibility index (Phi) is 7.26. The van der Waals surface area contributed by atoms with Crippen LogP contribution in [0.15, 0.2) is 73.4 Å². The number of carbonyl (C=O) groups is 1. The maximum atomic E-state index is 14.3. The number of aromatic nitrogens is 3. The molecule has 7 nitrogen and oxygen atoms in total. The molecule has 1 aliphatic rings. The van der Waals surface area contributed by atoms with Crippen LogP contribution in [-0.4, -0.2) is 53.4 Å². The number of esters is 1. The van der Waals surface area contributed by atoms with Crippen LogP contribution < -0.4 is 9.80 Å². The molecule has 0 amide bonds. The zero-order valence-electron chi connectivity index (χ0n) is 21.0. The number of ether oxygens (including phenoxy) is 1. The highest BCUT2D eigenvalue weighted by Crippen LogP contribution is 2.31. The number of carbonyl (C=O) groups excluding carboxylic acids is 1. The van der Waals surface area contributed by atoms with Crippen LogP contribution in [0.2, 0.25) is 0 Å². The van der Waals surface area contributed by atoms with Crippen molar-refractivity contribution >= 4 is 28.4 Å². The zero-order valence-corrected chi connectivity index (χ0v) is 21.0. The number of hydrogen-bond acceptors (Lipinski definition) is 7. The summed E-state index contributed by atoms with van der Waals surface area (Å²) >= 11 is 0. The fourth-order valence-electron chi connectivity index (χ4n) is 4.72. The normalized spacial score (nSPS) is 15.5. The molecule has 3 heterocycles. The molecule has 0 N–H and O–H groups in total. The molecular weight excluding hydrogens is 488 g/mol. The predicted molar refractivity (Wildman–Crippen MR) is 142 cm³/mol. The summed E-state index contributed by atoms with van der Waals surface area (Å²) in [6, 6.07) is 14.8. The molecule has 1 fully saturated rings. The summed E-state index contributed by atoms with van der Waals surface area (Å²) in [7, 11) is 0. The van der Waals surface area contributed by atoms with Gasteiger partial charge in [-0.15, -0.1) is 11.7 Å². The Hall–Kier alpha value is -4.40. The maximum absolute atomic E-state index is 14.3. The SMILES string of the molecule is C=C[C@H]1CN(c2ccc(C(=O)OCC)cn2)CCN1c1nnc(Cc2ccc(F)cc2F)c2ccccc12. The van der Waals surface area contributed by atoms with Gasteiger partial charge in [-0.2, -0.15) is 5.10 Å². The second-order valence-electron chi connectivity index (χ2n) is 9.00. The largest absolute Gasteiger partial charge is 0.462 e. The van der Waals surface area contributed by atoms with E-state index in [4.69, 9.17) is 4.74 Å². The Bertz CT molecular complexity index is 1480. The third-order valence-corrected chi connectivity index (χ3v) is 6.66. The molecule has 0 spiro atoms. The predicted octanol–water partition coefficient (Wildman–Crippen LogP) is 4.95. The van der Waals surface area contributed by atoms with Gasteiger partial charge < -0.3 is 14.5 Å². The van der Waals surface area contributed by atoms with Crippen molar-refractivity contribution in [2.24, 2.45) is 0 Å². The van der Waals surface area contributed by atoms with Gasteiger partial charge in [-0.05, 0) is 30.7 Å². The summed E-state index contributed by atoms with van der Waals surface area (Å²) in [5, 5.41) is 10.8. The summed E-state index contributed by atoms with van der Waals surface area (Å²) < 4.78 is 32.7. The highest BCUT2D eigenvalue weighted by atomic mass is 19.1. The molecule has 0 unspecified atom stereocenters. The van der Waals surface area contributed by atoms with Gasteiger partial charge in [0.25, 0.3) is 0 Å². The van der Waals surface area contributed by atoms with Crippen molar-refractivity contribution in [1.82, 2.24) is 15.2 Å². The minimum Gasteiger partial charge on any atom is -0.462 e. The lowest BCUT2D eigenvalue weighted by Gasteiger charge is -2.41. The van der Waals surface area contributed by atoms with Gasteiger partial charge in [0, 0.05) is 49.1 Å². The van der Waals surface area contributed by atoms with Crippen molar-refractivity contribution in [1.29, 1.82) is 0 Å². The first-order valence-electron chi connectivity index (χ1n) is 12.4. The molecule has 38 heavy (non-hydrogen) atoms. The average Bonchev–Trinajstić information content (AvgIpc) is 2.94. The van der Waals surface area contributed by atoms with Gasteiger partial charge in [-0.3, -0.25) is 0 Å². The Morgan fingerprint density at radius 1 is 1.11 bits per heavy atom. The molecule has 1 aliphatic heterocycles. The van der Waals surface area contributed by atoms with Crippen molar-refractivity contribution in [3.8, 4) is 0 Å². The smallest absolute Gasteiger partial charge is 0.339 e. The Balaban J connectivity index is 1.39. The van der Waals surface area contributed by atoms with Crippen LogP contribution >= 0.6 is 0 Å². The van der Waals surface area contributed by atoms with Crippen LogP contribution in [0.4, 0.5) is 20.4 Å². The number of anilines is 2. The second-order valence-corrected chi connectivity index (χ2v) is 9.00. The molecule has 5 rings (SSSR count). The molecule has 0 bridgehead atoms. The number of fused-ring (bicyclic) bond motifs is 1. The highest BCUT2D eigenvalue weighted by molar-refractivity contribution is 5.94. The van der Waals surface area contributed by atoms with Gasteiger partial charge in [0.2, 0.25) is 0 Å². The topological polar surface area (TPSA) is 71.5 Å². The van der Waals surface area contributed by atoms with Crippen molar-refractivity contribution in [2.75, 3.05) is 36.0 Å². The van der Waals surface area contributed by atoms with Crippen LogP contribution in [0.1, 0.15) is 28.5 Å². The first-order chi connectivity index (χ1) is 18.5. The number of pyridine rings is 1. The van der Waals surface area contributed by atoms with E-state index in [1.165, 1.54) is 18.3 Å². The van der Waals surface area contributed by atoms with Crippen molar-refractivity contribution in [2.45, 2.75) is 19.4 Å². The summed E-state index contributed by atoms with van der Waals surface area (Å²) in [4.78, 5) is 20.7. The maximum Gasteiger partial charge on any atom is 0.339 e. The van der Waals surface area contributed by atoms with E-state index in [0.717, 1.165) is 28.5 Å². The average molecular weight is 516 g/mol. The molecule has 0 saturated carbocycles. The third kappa shape index (κ3) is 5.04.